The van der Waals surface area contributed by atoms with Crippen LogP contribution >= 0.6 is 11.6 Å². The van der Waals surface area contributed by atoms with E-state index in [4.69, 9.17) is 17.3 Å². The molecule has 0 radical (unpaired) electrons. The highest BCUT2D eigenvalue weighted by Crippen LogP contribution is 2.25. The molecule has 10 heteroatoms. The van der Waals surface area contributed by atoms with E-state index >= 15 is 0 Å². The molecule has 0 aliphatic rings. The number of nitrogens with two attached hydrogens (primary N) is 1. The van der Waals surface area contributed by atoms with Gasteiger partial charge in [-0.2, -0.15) is 13.2 Å². The average molecular weight is 349 g/mol. The van der Waals surface area contributed by atoms with Crippen molar-refractivity contribution in [1.82, 2.24) is 4.72 Å². The fourth-order valence-electron chi connectivity index (χ4n) is 1.68. The van der Waals surface area contributed by atoms with E-state index in [0.717, 1.165) is 19.1 Å². The topological polar surface area (TPSA) is 72.2 Å². The zero-order valence-corrected chi connectivity index (χ0v) is 12.4. The smallest absolute Gasteiger partial charge is 0.326 e. The van der Waals surface area contributed by atoms with Crippen LogP contribution in [0.4, 0.5) is 17.6 Å². The normalized spacial score (nSPS) is 14.2. The van der Waals surface area contributed by atoms with Crippen LogP contribution in [0.15, 0.2) is 17.0 Å². The average Bonchev–Trinajstić information content (AvgIpc) is 2.28. The van der Waals surface area contributed by atoms with Crippen LogP contribution in [-0.2, 0) is 16.6 Å². The van der Waals surface area contributed by atoms with Crippen molar-refractivity contribution >= 4 is 21.6 Å². The van der Waals surface area contributed by atoms with Crippen molar-refractivity contribution < 1.29 is 26.0 Å². The summed E-state index contributed by atoms with van der Waals surface area (Å²) in [4.78, 5) is -0.829. The van der Waals surface area contributed by atoms with Gasteiger partial charge in [-0.3, -0.25) is 0 Å². The van der Waals surface area contributed by atoms with Gasteiger partial charge in [0.1, 0.15) is 10.7 Å². The Morgan fingerprint density at radius 2 is 1.95 bits per heavy atom. The van der Waals surface area contributed by atoms with Gasteiger partial charge in [-0.25, -0.2) is 17.5 Å². The summed E-state index contributed by atoms with van der Waals surface area (Å²) in [6, 6.07) is 0.517. The Bertz CT molecular complexity index is 619. The number of nitrogens with one attached hydrogen (secondary N) is 1. The maximum atomic E-state index is 14.0. The molecule has 1 unspecified atom stereocenters. The molecule has 4 nitrogen and oxygen atoms in total. The van der Waals surface area contributed by atoms with Gasteiger partial charge in [-0.05, 0) is 19.1 Å². The van der Waals surface area contributed by atoms with Gasteiger partial charge >= 0.3 is 6.18 Å². The summed E-state index contributed by atoms with van der Waals surface area (Å²) in [5, 5.41) is -0.0827. The van der Waals surface area contributed by atoms with Gasteiger partial charge in [-0.1, -0.05) is 11.6 Å². The molecule has 120 valence electrons. The van der Waals surface area contributed by atoms with Crippen LogP contribution in [0, 0.1) is 5.82 Å². The largest absolute Gasteiger partial charge is 0.390 e. The van der Waals surface area contributed by atoms with Crippen molar-refractivity contribution in [3.8, 4) is 0 Å². The van der Waals surface area contributed by atoms with E-state index in [1.807, 2.05) is 0 Å². The summed E-state index contributed by atoms with van der Waals surface area (Å²) >= 11 is 5.66. The molecule has 3 N–H and O–H groups in total. The minimum absolute atomic E-state index is 0.0827. The summed E-state index contributed by atoms with van der Waals surface area (Å²) < 4.78 is 76.2. The molecule has 0 aliphatic carbocycles. The Labute approximate surface area is 124 Å². The molecular weight excluding hydrogens is 336 g/mol. The van der Waals surface area contributed by atoms with Crippen molar-refractivity contribution in [1.29, 1.82) is 0 Å². The Morgan fingerprint density at radius 3 is 2.43 bits per heavy atom. The fourth-order valence-corrected chi connectivity index (χ4v) is 3.37. The monoisotopic (exact) mass is 348 g/mol. The maximum Gasteiger partial charge on any atom is 0.390 e. The molecule has 0 bridgehead atoms. The fraction of sp³-hybridized carbons (Fsp3) is 0.455. The molecule has 0 aliphatic heterocycles. The minimum Gasteiger partial charge on any atom is -0.326 e. The number of halogens is 5. The first-order valence-electron chi connectivity index (χ1n) is 5.73. The maximum absolute atomic E-state index is 14.0. The van der Waals surface area contributed by atoms with Gasteiger partial charge in [0, 0.05) is 23.2 Å². The van der Waals surface area contributed by atoms with Crippen LogP contribution in [0.5, 0.6) is 0 Å². The molecule has 0 fully saturated rings. The minimum atomic E-state index is -4.54. The zero-order chi connectivity index (χ0) is 16.4. The predicted molar refractivity (Wildman–Crippen MR) is 69.8 cm³/mol. The second-order valence-corrected chi connectivity index (χ2v) is 6.54. The molecule has 0 spiro atoms. The van der Waals surface area contributed by atoms with E-state index in [-0.39, 0.29) is 17.1 Å². The highest BCUT2D eigenvalue weighted by molar-refractivity contribution is 7.89. The third-order valence-corrected chi connectivity index (χ3v) is 4.29. The van der Waals surface area contributed by atoms with E-state index in [0.29, 0.717) is 0 Å². The lowest BCUT2D eigenvalue weighted by atomic mass is 10.2. The van der Waals surface area contributed by atoms with Crippen LogP contribution in [0.2, 0.25) is 5.02 Å². The van der Waals surface area contributed by atoms with Crippen molar-refractivity contribution in [2.75, 3.05) is 0 Å². The Balaban J connectivity index is 3.12. The first kappa shape index (κ1) is 18.1. The second-order valence-electron chi connectivity index (χ2n) is 4.42. The number of benzene rings is 1. The van der Waals surface area contributed by atoms with Crippen molar-refractivity contribution in [3.05, 3.63) is 28.5 Å². The van der Waals surface area contributed by atoms with E-state index in [1.165, 1.54) is 0 Å². The number of rotatable bonds is 5. The predicted octanol–water partition coefficient (Wildman–Crippen LogP) is 2.56. The molecule has 1 atom stereocenters. The summed E-state index contributed by atoms with van der Waals surface area (Å²) in [5.74, 6) is -1.13. The van der Waals surface area contributed by atoms with Gasteiger partial charge in [0.25, 0.3) is 0 Å². The van der Waals surface area contributed by atoms with Gasteiger partial charge < -0.3 is 5.73 Å². The molecular formula is C11H13ClF4N2O2S. The summed E-state index contributed by atoms with van der Waals surface area (Å²) in [7, 11) is -4.48. The summed E-state index contributed by atoms with van der Waals surface area (Å²) in [6.07, 6.45) is -5.92. The van der Waals surface area contributed by atoms with Crippen LogP contribution in [0.25, 0.3) is 0 Å². The standard InChI is InChI=1S/C11H13ClF4N2O2S/c1-6(4-11(14,15)16)18-21(19,20)9-3-8(12)2-7(5-17)10(9)13/h2-3,6,18H,4-5,17H2,1H3. The van der Waals surface area contributed by atoms with Crippen LogP contribution in [0.3, 0.4) is 0 Å². The van der Waals surface area contributed by atoms with Crippen molar-refractivity contribution in [2.24, 2.45) is 5.73 Å². The summed E-state index contributed by atoms with van der Waals surface area (Å²) in [6.45, 7) is 0.727. The highest BCUT2D eigenvalue weighted by Gasteiger charge is 2.33. The quantitative estimate of drug-likeness (QED) is 0.803. The van der Waals surface area contributed by atoms with E-state index in [9.17, 15) is 26.0 Å². The molecule has 0 saturated carbocycles. The summed E-state index contributed by atoms with van der Waals surface area (Å²) in [5.41, 5.74) is 5.11. The molecule has 1 rings (SSSR count). The second kappa shape index (κ2) is 6.47. The Hall–Kier alpha value is -0.900. The van der Waals surface area contributed by atoms with Gasteiger partial charge in [0.05, 0.1) is 6.42 Å². The molecule has 0 heterocycles. The van der Waals surface area contributed by atoms with Crippen LogP contribution in [0.1, 0.15) is 18.9 Å². The Kier molecular flexibility index (Phi) is 5.59. The van der Waals surface area contributed by atoms with E-state index in [2.05, 4.69) is 0 Å². The van der Waals surface area contributed by atoms with Crippen molar-refractivity contribution in [2.45, 2.75) is 37.0 Å². The van der Waals surface area contributed by atoms with Gasteiger partial charge in [0.2, 0.25) is 10.0 Å². The lowest BCUT2D eigenvalue weighted by Crippen LogP contribution is -2.36. The first-order chi connectivity index (χ1) is 9.46. The number of hydrogen-bond acceptors (Lipinski definition) is 3. The third kappa shape index (κ3) is 5.10. The number of alkyl halides is 3. The Morgan fingerprint density at radius 1 is 1.38 bits per heavy atom. The highest BCUT2D eigenvalue weighted by atomic mass is 35.5. The lowest BCUT2D eigenvalue weighted by molar-refractivity contribution is -0.137. The third-order valence-electron chi connectivity index (χ3n) is 2.48. The lowest BCUT2D eigenvalue weighted by Gasteiger charge is -2.17. The number of hydrogen-bond donors (Lipinski definition) is 2. The molecule has 1 aromatic carbocycles. The molecule has 0 amide bonds. The molecule has 0 saturated heterocycles. The molecule has 1 aromatic rings. The molecule has 21 heavy (non-hydrogen) atoms. The van der Waals surface area contributed by atoms with Crippen LogP contribution < -0.4 is 10.5 Å². The zero-order valence-electron chi connectivity index (χ0n) is 10.8. The van der Waals surface area contributed by atoms with Gasteiger partial charge in [0.15, 0.2) is 0 Å². The van der Waals surface area contributed by atoms with Gasteiger partial charge in [-0.15, -0.1) is 0 Å². The SMILES string of the molecule is CC(CC(F)(F)F)NS(=O)(=O)c1cc(Cl)cc(CN)c1F. The van der Waals surface area contributed by atoms with Crippen LogP contribution in [-0.4, -0.2) is 20.6 Å². The number of sulfonamides is 1. The molecule has 0 aromatic heterocycles. The van der Waals surface area contributed by atoms with E-state index in [1.54, 1.807) is 4.72 Å². The first-order valence-corrected chi connectivity index (χ1v) is 7.59. The van der Waals surface area contributed by atoms with E-state index < -0.39 is 39.4 Å². The van der Waals surface area contributed by atoms with Crippen molar-refractivity contribution in [3.63, 3.8) is 0 Å².